The van der Waals surface area contributed by atoms with Crippen molar-refractivity contribution in [3.8, 4) is 0 Å². The fraction of sp³-hybridized carbons (Fsp3) is 1.00. The van der Waals surface area contributed by atoms with Crippen LogP contribution in [-0.4, -0.2) is 11.3 Å². The van der Waals surface area contributed by atoms with Crippen LogP contribution >= 0.6 is 15.9 Å². The molecule has 0 amide bonds. The van der Waals surface area contributed by atoms with Crippen LogP contribution in [0.3, 0.4) is 0 Å². The topological polar surface area (TPSA) is 0 Å². The predicted octanol–water partition coefficient (Wildman–Crippen LogP) is 4.23. The smallest absolute Gasteiger partial charge is 0.207 e. The van der Waals surface area contributed by atoms with Crippen molar-refractivity contribution in [1.29, 1.82) is 0 Å². The molecule has 0 N–H and O–H groups in total. The standard InChI is InChI=1S/C9H17BrF2/c1-8(2,7-10)5-4-6-9(3,11)12/h4-7H2,1-3H3. The van der Waals surface area contributed by atoms with Gasteiger partial charge in [0.2, 0.25) is 5.92 Å². The molecule has 0 spiro atoms. The molecule has 0 aliphatic heterocycles. The average Bonchev–Trinajstić information content (AvgIpc) is 1.84. The lowest BCUT2D eigenvalue weighted by molar-refractivity contribution is 0.00853. The van der Waals surface area contributed by atoms with Gasteiger partial charge in [-0.05, 0) is 25.2 Å². The quantitative estimate of drug-likeness (QED) is 0.634. The third-order valence-electron chi connectivity index (χ3n) is 1.83. The van der Waals surface area contributed by atoms with Crippen LogP contribution in [-0.2, 0) is 0 Å². The van der Waals surface area contributed by atoms with E-state index in [1.54, 1.807) is 0 Å². The fourth-order valence-electron chi connectivity index (χ4n) is 0.944. The first kappa shape index (κ1) is 12.3. The summed E-state index contributed by atoms with van der Waals surface area (Å²) in [6.45, 7) is 5.14. The van der Waals surface area contributed by atoms with Gasteiger partial charge in [-0.15, -0.1) is 0 Å². The Balaban J connectivity index is 3.57. The first-order valence-electron chi connectivity index (χ1n) is 4.21. The molecule has 0 rings (SSSR count). The second-order valence-corrected chi connectivity index (χ2v) is 4.78. The van der Waals surface area contributed by atoms with E-state index in [0.29, 0.717) is 6.42 Å². The molecule has 0 fully saturated rings. The minimum Gasteiger partial charge on any atom is -0.207 e. The van der Waals surface area contributed by atoms with Gasteiger partial charge in [0, 0.05) is 11.8 Å². The fourth-order valence-corrected chi connectivity index (χ4v) is 1.22. The monoisotopic (exact) mass is 242 g/mol. The summed E-state index contributed by atoms with van der Waals surface area (Å²) in [4.78, 5) is 0. The summed E-state index contributed by atoms with van der Waals surface area (Å²) in [6.07, 6.45) is 1.45. The van der Waals surface area contributed by atoms with Gasteiger partial charge >= 0.3 is 0 Å². The Morgan fingerprint density at radius 3 is 1.92 bits per heavy atom. The van der Waals surface area contributed by atoms with Crippen molar-refractivity contribution in [3.05, 3.63) is 0 Å². The number of hydrogen-bond donors (Lipinski definition) is 0. The van der Waals surface area contributed by atoms with Crippen LogP contribution < -0.4 is 0 Å². The van der Waals surface area contributed by atoms with Gasteiger partial charge in [0.15, 0.2) is 0 Å². The summed E-state index contributed by atoms with van der Waals surface area (Å²) < 4.78 is 24.8. The zero-order chi connectivity index (χ0) is 9.83. The third kappa shape index (κ3) is 7.01. The molecule has 0 aliphatic rings. The average molecular weight is 243 g/mol. The van der Waals surface area contributed by atoms with Gasteiger partial charge in [-0.3, -0.25) is 0 Å². The van der Waals surface area contributed by atoms with Gasteiger partial charge in [0.05, 0.1) is 0 Å². The molecule has 0 nitrogen and oxygen atoms in total. The summed E-state index contributed by atoms with van der Waals surface area (Å²) in [5, 5.41) is 0.870. The number of alkyl halides is 3. The summed E-state index contributed by atoms with van der Waals surface area (Å²) in [5.41, 5.74) is 0.144. The third-order valence-corrected chi connectivity index (χ3v) is 3.35. The van der Waals surface area contributed by atoms with E-state index >= 15 is 0 Å². The molecule has 0 radical (unpaired) electrons. The highest BCUT2D eigenvalue weighted by Crippen LogP contribution is 2.28. The second-order valence-electron chi connectivity index (χ2n) is 4.22. The van der Waals surface area contributed by atoms with Gasteiger partial charge in [-0.25, -0.2) is 8.78 Å². The van der Waals surface area contributed by atoms with E-state index in [2.05, 4.69) is 29.8 Å². The molecular formula is C9H17BrF2. The van der Waals surface area contributed by atoms with Crippen molar-refractivity contribution in [2.24, 2.45) is 5.41 Å². The summed E-state index contributed by atoms with van der Waals surface area (Å²) in [7, 11) is 0. The van der Waals surface area contributed by atoms with E-state index in [-0.39, 0.29) is 11.8 Å². The summed E-state index contributed by atoms with van der Waals surface area (Å²) >= 11 is 3.36. The maximum absolute atomic E-state index is 12.4. The lowest BCUT2D eigenvalue weighted by Crippen LogP contribution is -2.15. The largest absolute Gasteiger partial charge is 0.245 e. The van der Waals surface area contributed by atoms with Crippen molar-refractivity contribution in [2.75, 3.05) is 5.33 Å². The minimum absolute atomic E-state index is 0.00340. The summed E-state index contributed by atoms with van der Waals surface area (Å²) in [5.74, 6) is -2.50. The minimum atomic E-state index is -2.50. The molecular weight excluding hydrogens is 226 g/mol. The Morgan fingerprint density at radius 1 is 1.08 bits per heavy atom. The molecule has 12 heavy (non-hydrogen) atoms. The van der Waals surface area contributed by atoms with Gasteiger partial charge in [-0.1, -0.05) is 29.8 Å². The lowest BCUT2D eigenvalue weighted by atomic mass is 9.89. The van der Waals surface area contributed by atoms with Crippen LogP contribution in [0.1, 0.15) is 40.0 Å². The summed E-state index contributed by atoms with van der Waals surface area (Å²) in [6, 6.07) is 0. The molecule has 0 aliphatic carbocycles. The Kier molecular flexibility index (Phi) is 4.67. The van der Waals surface area contributed by atoms with Gasteiger partial charge in [-0.2, -0.15) is 0 Å². The molecule has 0 bridgehead atoms. The first-order chi connectivity index (χ1) is 5.27. The Morgan fingerprint density at radius 2 is 1.58 bits per heavy atom. The zero-order valence-corrected chi connectivity index (χ0v) is 9.55. The Labute approximate surface area is 81.9 Å². The first-order valence-corrected chi connectivity index (χ1v) is 5.33. The molecule has 0 aromatic rings. The highest BCUT2D eigenvalue weighted by atomic mass is 79.9. The Hall–Kier alpha value is 0.340. The van der Waals surface area contributed by atoms with Crippen molar-refractivity contribution >= 4 is 15.9 Å². The second kappa shape index (κ2) is 4.54. The van der Waals surface area contributed by atoms with Crippen molar-refractivity contribution in [1.82, 2.24) is 0 Å². The molecule has 0 heterocycles. The highest BCUT2D eigenvalue weighted by molar-refractivity contribution is 9.09. The maximum Gasteiger partial charge on any atom is 0.245 e. The number of halogens is 3. The van der Waals surface area contributed by atoms with E-state index in [9.17, 15) is 8.78 Å². The molecule has 3 heteroatoms. The number of rotatable bonds is 5. The molecule has 0 aromatic heterocycles. The van der Waals surface area contributed by atoms with Gasteiger partial charge < -0.3 is 0 Å². The van der Waals surface area contributed by atoms with Crippen LogP contribution in [0.2, 0.25) is 0 Å². The van der Waals surface area contributed by atoms with Crippen molar-refractivity contribution in [2.45, 2.75) is 46.0 Å². The van der Waals surface area contributed by atoms with Crippen LogP contribution in [0.4, 0.5) is 8.78 Å². The lowest BCUT2D eigenvalue weighted by Gasteiger charge is -2.22. The van der Waals surface area contributed by atoms with Crippen molar-refractivity contribution in [3.63, 3.8) is 0 Å². The van der Waals surface area contributed by atoms with E-state index in [1.807, 2.05) is 0 Å². The molecule has 0 aromatic carbocycles. The normalized spacial score (nSPS) is 13.5. The van der Waals surface area contributed by atoms with Crippen molar-refractivity contribution < 1.29 is 8.78 Å². The maximum atomic E-state index is 12.4. The van der Waals surface area contributed by atoms with Crippen LogP contribution in [0, 0.1) is 5.41 Å². The van der Waals surface area contributed by atoms with E-state index in [1.165, 1.54) is 0 Å². The molecule has 0 saturated heterocycles. The number of hydrogen-bond acceptors (Lipinski definition) is 0. The molecule has 0 unspecified atom stereocenters. The van der Waals surface area contributed by atoms with E-state index < -0.39 is 5.92 Å². The SMILES string of the molecule is CC(F)(F)CCCC(C)(C)CBr. The van der Waals surface area contributed by atoms with Crippen LogP contribution in [0.25, 0.3) is 0 Å². The molecule has 74 valence electrons. The van der Waals surface area contributed by atoms with Gasteiger partial charge in [0.25, 0.3) is 0 Å². The van der Waals surface area contributed by atoms with Crippen LogP contribution in [0.5, 0.6) is 0 Å². The van der Waals surface area contributed by atoms with E-state index in [4.69, 9.17) is 0 Å². The predicted molar refractivity (Wildman–Crippen MR) is 52.0 cm³/mol. The van der Waals surface area contributed by atoms with Crippen LogP contribution in [0.15, 0.2) is 0 Å². The molecule has 0 atom stereocenters. The molecule has 0 saturated carbocycles. The van der Waals surface area contributed by atoms with Gasteiger partial charge in [0.1, 0.15) is 0 Å². The van der Waals surface area contributed by atoms with E-state index in [0.717, 1.165) is 18.7 Å². The Bertz CT molecular complexity index is 127. The zero-order valence-electron chi connectivity index (χ0n) is 7.96. The highest BCUT2D eigenvalue weighted by Gasteiger charge is 2.23.